The maximum atomic E-state index is 12.4. The third-order valence-electron chi connectivity index (χ3n) is 6.55. The summed E-state index contributed by atoms with van der Waals surface area (Å²) in [5, 5.41) is 0. The van der Waals surface area contributed by atoms with Crippen LogP contribution in [0.25, 0.3) is 0 Å². The van der Waals surface area contributed by atoms with E-state index >= 15 is 0 Å². The standard InChI is InChI=1S/C20H26N2O/c23-20-17-8-4-10-19(17)22(20)13-21(15-11-12-15)18-9-3-6-14-5-1-2-7-16(14)18/h1-2,5,7,15,17-19H,3-4,6,8-13H2/t17-,18-,19-/m1/s1. The van der Waals surface area contributed by atoms with Crippen LogP contribution in [0.1, 0.15) is 62.1 Å². The van der Waals surface area contributed by atoms with Gasteiger partial charge in [-0.1, -0.05) is 30.7 Å². The SMILES string of the molecule is O=C1[C@@H]2CCC[C@H]2N1CN(C1CC1)[C@@H]1CCCc2ccccc21. The molecule has 0 bridgehead atoms. The number of carbonyl (C=O) groups excluding carboxylic acids is 1. The summed E-state index contributed by atoms with van der Waals surface area (Å²) in [6, 6.07) is 10.8. The largest absolute Gasteiger partial charge is 0.326 e. The van der Waals surface area contributed by atoms with Crippen LogP contribution in [-0.4, -0.2) is 34.5 Å². The zero-order valence-electron chi connectivity index (χ0n) is 13.8. The van der Waals surface area contributed by atoms with Crippen molar-refractivity contribution in [3.63, 3.8) is 0 Å². The van der Waals surface area contributed by atoms with Gasteiger partial charge in [0.05, 0.1) is 12.6 Å². The Hall–Kier alpha value is -1.35. The van der Waals surface area contributed by atoms with Gasteiger partial charge in [-0.05, 0) is 56.1 Å². The summed E-state index contributed by atoms with van der Waals surface area (Å²) in [7, 11) is 0. The summed E-state index contributed by atoms with van der Waals surface area (Å²) in [5.74, 6) is 0.803. The van der Waals surface area contributed by atoms with Crippen molar-refractivity contribution in [2.75, 3.05) is 6.67 Å². The molecule has 1 heterocycles. The molecule has 1 amide bonds. The molecule has 0 aromatic heterocycles. The molecule has 0 spiro atoms. The Morgan fingerprint density at radius 1 is 1.04 bits per heavy atom. The Kier molecular flexibility index (Phi) is 3.26. The first-order valence-electron chi connectivity index (χ1n) is 9.47. The van der Waals surface area contributed by atoms with E-state index in [4.69, 9.17) is 0 Å². The molecule has 5 rings (SSSR count). The molecule has 0 unspecified atom stereocenters. The van der Waals surface area contributed by atoms with E-state index in [1.165, 1.54) is 56.1 Å². The van der Waals surface area contributed by atoms with Crippen molar-refractivity contribution in [2.45, 2.75) is 69.5 Å². The van der Waals surface area contributed by atoms with Gasteiger partial charge in [0.1, 0.15) is 0 Å². The third-order valence-corrected chi connectivity index (χ3v) is 6.55. The van der Waals surface area contributed by atoms with Crippen LogP contribution in [0, 0.1) is 5.92 Å². The van der Waals surface area contributed by atoms with Crippen LogP contribution in [0.5, 0.6) is 0 Å². The molecule has 3 aliphatic carbocycles. The first kappa shape index (κ1) is 14.0. The first-order chi connectivity index (χ1) is 11.3. The topological polar surface area (TPSA) is 23.6 Å². The molecule has 1 aromatic rings. The van der Waals surface area contributed by atoms with E-state index in [0.29, 0.717) is 30.0 Å². The lowest BCUT2D eigenvalue weighted by atomic mass is 9.86. The predicted octanol–water partition coefficient (Wildman–Crippen LogP) is 3.50. The van der Waals surface area contributed by atoms with Crippen LogP contribution in [0.3, 0.4) is 0 Å². The van der Waals surface area contributed by atoms with Crippen LogP contribution >= 0.6 is 0 Å². The van der Waals surface area contributed by atoms with Crippen molar-refractivity contribution in [3.8, 4) is 0 Å². The minimum atomic E-state index is 0.370. The van der Waals surface area contributed by atoms with Gasteiger partial charge in [-0.3, -0.25) is 9.69 Å². The second kappa shape index (κ2) is 5.34. The fourth-order valence-corrected chi connectivity index (χ4v) is 5.19. The highest BCUT2D eigenvalue weighted by molar-refractivity contribution is 5.86. The van der Waals surface area contributed by atoms with Gasteiger partial charge in [0.15, 0.2) is 0 Å². The molecule has 23 heavy (non-hydrogen) atoms. The monoisotopic (exact) mass is 310 g/mol. The molecule has 0 radical (unpaired) electrons. The number of fused-ring (bicyclic) bond motifs is 2. The third kappa shape index (κ3) is 2.24. The van der Waals surface area contributed by atoms with Crippen molar-refractivity contribution in [1.82, 2.24) is 9.80 Å². The Bertz CT molecular complexity index is 624. The van der Waals surface area contributed by atoms with Crippen molar-refractivity contribution in [3.05, 3.63) is 35.4 Å². The van der Waals surface area contributed by atoms with E-state index < -0.39 is 0 Å². The van der Waals surface area contributed by atoms with Crippen molar-refractivity contribution >= 4 is 5.91 Å². The van der Waals surface area contributed by atoms with Crippen LogP contribution in [0.2, 0.25) is 0 Å². The minimum absolute atomic E-state index is 0.370. The summed E-state index contributed by atoms with van der Waals surface area (Å²) < 4.78 is 0. The Labute approximate surface area is 138 Å². The van der Waals surface area contributed by atoms with E-state index in [1.807, 2.05) is 0 Å². The van der Waals surface area contributed by atoms with E-state index in [0.717, 1.165) is 13.1 Å². The van der Waals surface area contributed by atoms with E-state index in [9.17, 15) is 4.79 Å². The van der Waals surface area contributed by atoms with Gasteiger partial charge in [-0.25, -0.2) is 0 Å². The molecular weight excluding hydrogens is 284 g/mol. The normalized spacial score (nSPS) is 32.7. The van der Waals surface area contributed by atoms with Crippen LogP contribution in [0.15, 0.2) is 24.3 Å². The number of β-lactam (4-membered cyclic amide) rings is 1. The predicted molar refractivity (Wildman–Crippen MR) is 89.8 cm³/mol. The number of carbonyl (C=O) groups is 1. The average Bonchev–Trinajstić information content (AvgIpc) is 3.33. The van der Waals surface area contributed by atoms with Gasteiger partial charge in [-0.2, -0.15) is 0 Å². The second-order valence-electron chi connectivity index (χ2n) is 7.91. The van der Waals surface area contributed by atoms with E-state index in [2.05, 4.69) is 34.1 Å². The number of likely N-dealkylation sites (tertiary alicyclic amines) is 1. The lowest BCUT2D eigenvalue weighted by molar-refractivity contribution is -0.159. The molecule has 0 N–H and O–H groups in total. The van der Waals surface area contributed by atoms with Crippen LogP contribution in [0.4, 0.5) is 0 Å². The summed E-state index contributed by atoms with van der Waals surface area (Å²) in [6.45, 7) is 0.879. The van der Waals surface area contributed by atoms with Crippen molar-refractivity contribution in [2.24, 2.45) is 5.92 Å². The molecule has 3 nitrogen and oxygen atoms in total. The van der Waals surface area contributed by atoms with Gasteiger partial charge < -0.3 is 4.90 Å². The fourth-order valence-electron chi connectivity index (χ4n) is 5.19. The maximum absolute atomic E-state index is 12.4. The van der Waals surface area contributed by atoms with Gasteiger partial charge >= 0.3 is 0 Å². The van der Waals surface area contributed by atoms with Crippen LogP contribution < -0.4 is 0 Å². The number of aryl methyl sites for hydroxylation is 1. The fraction of sp³-hybridized carbons (Fsp3) is 0.650. The minimum Gasteiger partial charge on any atom is -0.326 e. The second-order valence-corrected chi connectivity index (χ2v) is 7.91. The number of amides is 1. The zero-order valence-corrected chi connectivity index (χ0v) is 13.8. The molecule has 3 fully saturated rings. The van der Waals surface area contributed by atoms with Crippen LogP contribution in [-0.2, 0) is 11.2 Å². The Balaban J connectivity index is 1.40. The van der Waals surface area contributed by atoms with E-state index in [1.54, 1.807) is 0 Å². The number of hydrogen-bond donors (Lipinski definition) is 0. The highest BCUT2D eigenvalue weighted by Crippen LogP contribution is 2.44. The Morgan fingerprint density at radius 2 is 1.91 bits per heavy atom. The summed E-state index contributed by atoms with van der Waals surface area (Å²) in [6.07, 6.45) is 10.00. The smallest absolute Gasteiger partial charge is 0.229 e. The molecule has 1 saturated heterocycles. The van der Waals surface area contributed by atoms with Gasteiger partial charge in [-0.15, -0.1) is 0 Å². The highest BCUT2D eigenvalue weighted by Gasteiger charge is 2.51. The first-order valence-corrected chi connectivity index (χ1v) is 9.47. The number of benzene rings is 1. The number of rotatable bonds is 4. The number of nitrogens with zero attached hydrogens (tertiary/aromatic N) is 2. The summed E-state index contributed by atoms with van der Waals surface area (Å²) in [5.41, 5.74) is 3.06. The average molecular weight is 310 g/mol. The molecule has 122 valence electrons. The summed E-state index contributed by atoms with van der Waals surface area (Å²) >= 11 is 0. The quantitative estimate of drug-likeness (QED) is 0.795. The molecule has 3 atom stereocenters. The molecule has 4 aliphatic rings. The number of hydrogen-bond acceptors (Lipinski definition) is 2. The van der Waals surface area contributed by atoms with Gasteiger partial charge in [0.25, 0.3) is 0 Å². The molecular formula is C20H26N2O. The van der Waals surface area contributed by atoms with Gasteiger partial charge in [0, 0.05) is 18.1 Å². The lowest BCUT2D eigenvalue weighted by Gasteiger charge is -2.48. The molecule has 2 saturated carbocycles. The maximum Gasteiger partial charge on any atom is 0.229 e. The molecule has 3 heteroatoms. The summed E-state index contributed by atoms with van der Waals surface area (Å²) in [4.78, 5) is 17.3. The van der Waals surface area contributed by atoms with E-state index in [-0.39, 0.29) is 0 Å². The van der Waals surface area contributed by atoms with Gasteiger partial charge in [0.2, 0.25) is 5.91 Å². The lowest BCUT2D eigenvalue weighted by Crippen LogP contribution is -2.61. The highest BCUT2D eigenvalue weighted by atomic mass is 16.2. The Morgan fingerprint density at radius 3 is 2.78 bits per heavy atom. The van der Waals surface area contributed by atoms with Crippen molar-refractivity contribution in [1.29, 1.82) is 0 Å². The molecule has 1 aliphatic heterocycles. The van der Waals surface area contributed by atoms with Crippen molar-refractivity contribution < 1.29 is 4.79 Å². The molecule has 1 aromatic carbocycles. The zero-order chi connectivity index (χ0) is 15.4.